The average Bonchev–Trinajstić information content (AvgIpc) is 2.23. The Balaban J connectivity index is 2.63. The van der Waals surface area contributed by atoms with Gasteiger partial charge in [-0.3, -0.25) is 4.98 Å². The molecule has 1 heterocycles. The van der Waals surface area contributed by atoms with E-state index in [9.17, 15) is 0 Å². The van der Waals surface area contributed by atoms with Crippen LogP contribution in [0.2, 0.25) is 0 Å². The molecule has 0 spiro atoms. The fourth-order valence-electron chi connectivity index (χ4n) is 1.76. The normalized spacial score (nSPS) is 10.7. The second-order valence-electron chi connectivity index (χ2n) is 3.46. The molecule has 2 rings (SSSR count). The van der Waals surface area contributed by atoms with Crippen molar-refractivity contribution < 1.29 is 0 Å². The van der Waals surface area contributed by atoms with E-state index in [2.05, 4.69) is 30.1 Å². The van der Waals surface area contributed by atoms with Crippen molar-refractivity contribution in [2.24, 2.45) is 5.73 Å². The number of fused-ring (bicyclic) bond motifs is 1. The Kier molecular flexibility index (Phi) is 2.46. The van der Waals surface area contributed by atoms with Crippen molar-refractivity contribution in [2.75, 3.05) is 6.54 Å². The molecule has 0 fully saturated rings. The van der Waals surface area contributed by atoms with E-state index in [1.54, 1.807) is 0 Å². The molecule has 1 aromatic heterocycles. The molecule has 2 N–H and O–H groups in total. The number of hydrogen-bond acceptors (Lipinski definition) is 2. The van der Waals surface area contributed by atoms with Gasteiger partial charge in [0.2, 0.25) is 0 Å². The molecule has 0 radical (unpaired) electrons. The monoisotopic (exact) mass is 186 g/mol. The van der Waals surface area contributed by atoms with Crippen LogP contribution in [0.3, 0.4) is 0 Å². The van der Waals surface area contributed by atoms with Gasteiger partial charge in [0, 0.05) is 11.6 Å². The first-order valence-corrected chi connectivity index (χ1v) is 4.86. The second-order valence-corrected chi connectivity index (χ2v) is 3.46. The van der Waals surface area contributed by atoms with Crippen LogP contribution in [0, 0.1) is 6.92 Å². The van der Waals surface area contributed by atoms with Gasteiger partial charge in [-0.2, -0.15) is 0 Å². The number of nitrogens with two attached hydrogens (primary N) is 1. The first-order valence-electron chi connectivity index (χ1n) is 4.86. The summed E-state index contributed by atoms with van der Waals surface area (Å²) < 4.78 is 0. The highest BCUT2D eigenvalue weighted by molar-refractivity contribution is 5.82. The molecule has 0 bridgehead atoms. The summed E-state index contributed by atoms with van der Waals surface area (Å²) in [4.78, 5) is 4.38. The number of hydrogen-bond donors (Lipinski definition) is 1. The Morgan fingerprint density at radius 2 is 2.14 bits per heavy atom. The number of benzene rings is 1. The maximum atomic E-state index is 5.55. The van der Waals surface area contributed by atoms with Gasteiger partial charge in [-0.25, -0.2) is 0 Å². The molecular weight excluding hydrogens is 172 g/mol. The van der Waals surface area contributed by atoms with Crippen LogP contribution < -0.4 is 5.73 Å². The molecule has 2 nitrogen and oxygen atoms in total. The maximum absolute atomic E-state index is 5.55. The molecule has 0 amide bonds. The highest BCUT2D eigenvalue weighted by Gasteiger charge is 2.02. The van der Waals surface area contributed by atoms with Crippen LogP contribution in [0.1, 0.15) is 11.1 Å². The standard InChI is InChI=1S/C12H14N2/c1-9-10(6-7-13)4-5-11-3-2-8-14-12(9)11/h2-5,8H,6-7,13H2,1H3. The summed E-state index contributed by atoms with van der Waals surface area (Å²) in [5.74, 6) is 0. The minimum atomic E-state index is 0.694. The van der Waals surface area contributed by atoms with Crippen LogP contribution in [0.4, 0.5) is 0 Å². The van der Waals surface area contributed by atoms with Crippen LogP contribution in [0.25, 0.3) is 10.9 Å². The molecule has 0 unspecified atom stereocenters. The Morgan fingerprint density at radius 3 is 2.93 bits per heavy atom. The zero-order valence-corrected chi connectivity index (χ0v) is 8.33. The molecule has 2 heteroatoms. The number of nitrogens with zero attached hydrogens (tertiary/aromatic N) is 1. The summed E-state index contributed by atoms with van der Waals surface area (Å²) in [6.07, 6.45) is 2.76. The van der Waals surface area contributed by atoms with Crippen molar-refractivity contribution in [3.05, 3.63) is 41.6 Å². The van der Waals surface area contributed by atoms with E-state index in [1.807, 2.05) is 12.3 Å². The van der Waals surface area contributed by atoms with Crippen molar-refractivity contribution in [3.63, 3.8) is 0 Å². The minimum absolute atomic E-state index is 0.694. The third-order valence-corrected chi connectivity index (χ3v) is 2.55. The Hall–Kier alpha value is -1.41. The third kappa shape index (κ3) is 1.49. The van der Waals surface area contributed by atoms with E-state index >= 15 is 0 Å². The van der Waals surface area contributed by atoms with Crippen LogP contribution in [0.15, 0.2) is 30.5 Å². The molecule has 0 saturated heterocycles. The molecule has 0 aliphatic carbocycles. The van der Waals surface area contributed by atoms with E-state index in [4.69, 9.17) is 5.73 Å². The number of pyridine rings is 1. The number of aromatic nitrogens is 1. The Bertz CT molecular complexity index is 449. The summed E-state index contributed by atoms with van der Waals surface area (Å²) >= 11 is 0. The SMILES string of the molecule is Cc1c(CCN)ccc2cccnc12. The predicted molar refractivity (Wildman–Crippen MR) is 59.2 cm³/mol. The van der Waals surface area contributed by atoms with Gasteiger partial charge in [-0.15, -0.1) is 0 Å². The summed E-state index contributed by atoms with van der Waals surface area (Å²) in [5, 5.41) is 1.20. The van der Waals surface area contributed by atoms with E-state index in [-0.39, 0.29) is 0 Å². The molecular formula is C12H14N2. The van der Waals surface area contributed by atoms with E-state index in [1.165, 1.54) is 16.5 Å². The summed E-state index contributed by atoms with van der Waals surface area (Å²) in [6.45, 7) is 2.81. The quantitative estimate of drug-likeness (QED) is 0.779. The molecule has 14 heavy (non-hydrogen) atoms. The van der Waals surface area contributed by atoms with E-state index < -0.39 is 0 Å². The van der Waals surface area contributed by atoms with Crippen molar-refractivity contribution in [1.29, 1.82) is 0 Å². The van der Waals surface area contributed by atoms with Crippen molar-refractivity contribution in [3.8, 4) is 0 Å². The first kappa shape index (κ1) is 9.16. The smallest absolute Gasteiger partial charge is 0.0733 e. The lowest BCUT2D eigenvalue weighted by Gasteiger charge is -2.06. The van der Waals surface area contributed by atoms with Gasteiger partial charge >= 0.3 is 0 Å². The van der Waals surface area contributed by atoms with Gasteiger partial charge in [0.05, 0.1) is 5.52 Å². The van der Waals surface area contributed by atoms with Gasteiger partial charge in [0.15, 0.2) is 0 Å². The van der Waals surface area contributed by atoms with Gasteiger partial charge < -0.3 is 5.73 Å². The van der Waals surface area contributed by atoms with Crippen LogP contribution in [-0.4, -0.2) is 11.5 Å². The molecule has 2 aromatic rings. The van der Waals surface area contributed by atoms with Gasteiger partial charge in [0.1, 0.15) is 0 Å². The highest BCUT2D eigenvalue weighted by Crippen LogP contribution is 2.19. The summed E-state index contributed by atoms with van der Waals surface area (Å²) in [6, 6.07) is 8.30. The van der Waals surface area contributed by atoms with Crippen LogP contribution in [-0.2, 0) is 6.42 Å². The highest BCUT2D eigenvalue weighted by atomic mass is 14.6. The van der Waals surface area contributed by atoms with Gasteiger partial charge in [-0.1, -0.05) is 18.2 Å². The fraction of sp³-hybridized carbons (Fsp3) is 0.250. The molecule has 0 saturated carbocycles. The second kappa shape index (κ2) is 3.76. The zero-order chi connectivity index (χ0) is 9.97. The van der Waals surface area contributed by atoms with E-state index in [0.29, 0.717) is 6.54 Å². The lowest BCUT2D eigenvalue weighted by molar-refractivity contribution is 0.960. The zero-order valence-electron chi connectivity index (χ0n) is 8.33. The largest absolute Gasteiger partial charge is 0.330 e. The molecule has 0 aliphatic heterocycles. The number of aryl methyl sites for hydroxylation is 1. The van der Waals surface area contributed by atoms with Crippen molar-refractivity contribution in [2.45, 2.75) is 13.3 Å². The van der Waals surface area contributed by atoms with Crippen LogP contribution in [0.5, 0.6) is 0 Å². The van der Waals surface area contributed by atoms with Gasteiger partial charge in [-0.05, 0) is 37.1 Å². The Labute approximate surface area is 83.8 Å². The predicted octanol–water partition coefficient (Wildman–Crippen LogP) is 2.04. The maximum Gasteiger partial charge on any atom is 0.0733 e. The molecule has 72 valence electrons. The Morgan fingerprint density at radius 1 is 1.29 bits per heavy atom. The van der Waals surface area contributed by atoms with E-state index in [0.717, 1.165) is 11.9 Å². The lowest BCUT2D eigenvalue weighted by Crippen LogP contribution is -2.04. The first-order chi connectivity index (χ1) is 6.83. The lowest BCUT2D eigenvalue weighted by atomic mass is 10.0. The molecule has 0 atom stereocenters. The molecule has 1 aromatic carbocycles. The summed E-state index contributed by atoms with van der Waals surface area (Å²) in [5.41, 5.74) is 9.21. The molecule has 0 aliphatic rings. The minimum Gasteiger partial charge on any atom is -0.330 e. The van der Waals surface area contributed by atoms with Crippen molar-refractivity contribution in [1.82, 2.24) is 4.98 Å². The fourth-order valence-corrected chi connectivity index (χ4v) is 1.76. The van der Waals surface area contributed by atoms with Crippen molar-refractivity contribution >= 4 is 10.9 Å². The number of rotatable bonds is 2. The average molecular weight is 186 g/mol. The summed E-state index contributed by atoms with van der Waals surface area (Å²) in [7, 11) is 0. The van der Waals surface area contributed by atoms with Crippen LogP contribution >= 0.6 is 0 Å². The topological polar surface area (TPSA) is 38.9 Å². The third-order valence-electron chi connectivity index (χ3n) is 2.55. The van der Waals surface area contributed by atoms with Gasteiger partial charge in [0.25, 0.3) is 0 Å².